The van der Waals surface area contributed by atoms with Crippen molar-refractivity contribution in [3.63, 3.8) is 0 Å². The van der Waals surface area contributed by atoms with Crippen LogP contribution >= 0.6 is 11.6 Å². The Labute approximate surface area is 142 Å². The van der Waals surface area contributed by atoms with Gasteiger partial charge in [0, 0.05) is 23.9 Å². The molecule has 0 aliphatic heterocycles. The standard InChI is InChI=1S/C16H14ClN5O2/c1-2-19-15-12(17)7-11(8-20-15)16-21-14(22-24-16)10-5-3-9(4-6-10)13(18)23/h3-8H,2H2,1H3,(H2,18,23)(H,19,20). The molecule has 0 atom stereocenters. The minimum atomic E-state index is -0.489. The third-order valence-electron chi connectivity index (χ3n) is 3.29. The summed E-state index contributed by atoms with van der Waals surface area (Å²) in [5, 5.41) is 7.46. The van der Waals surface area contributed by atoms with Crippen LogP contribution in [0.3, 0.4) is 0 Å². The summed E-state index contributed by atoms with van der Waals surface area (Å²) in [5.41, 5.74) is 6.96. The molecule has 8 heteroatoms. The number of pyridine rings is 1. The van der Waals surface area contributed by atoms with E-state index in [-0.39, 0.29) is 0 Å². The van der Waals surface area contributed by atoms with Crippen LogP contribution in [0.2, 0.25) is 5.02 Å². The van der Waals surface area contributed by atoms with Gasteiger partial charge >= 0.3 is 0 Å². The molecule has 0 bridgehead atoms. The number of rotatable bonds is 5. The Hall–Kier alpha value is -2.93. The molecule has 3 aromatic rings. The van der Waals surface area contributed by atoms with Crippen LogP contribution < -0.4 is 11.1 Å². The van der Waals surface area contributed by atoms with E-state index in [2.05, 4.69) is 20.4 Å². The number of hydrogen-bond acceptors (Lipinski definition) is 6. The zero-order valence-electron chi connectivity index (χ0n) is 12.8. The largest absolute Gasteiger partial charge is 0.369 e. The van der Waals surface area contributed by atoms with E-state index in [4.69, 9.17) is 21.9 Å². The summed E-state index contributed by atoms with van der Waals surface area (Å²) in [6, 6.07) is 8.33. The lowest BCUT2D eigenvalue weighted by molar-refractivity contribution is 0.100. The number of amides is 1. The minimum Gasteiger partial charge on any atom is -0.369 e. The first-order valence-corrected chi connectivity index (χ1v) is 7.60. The Morgan fingerprint density at radius 2 is 2.04 bits per heavy atom. The Bertz CT molecular complexity index is 876. The van der Waals surface area contributed by atoms with E-state index >= 15 is 0 Å². The van der Waals surface area contributed by atoms with Crippen molar-refractivity contribution in [3.8, 4) is 22.8 Å². The van der Waals surface area contributed by atoms with Crippen molar-refractivity contribution in [2.24, 2.45) is 5.73 Å². The van der Waals surface area contributed by atoms with Gasteiger partial charge in [-0.3, -0.25) is 4.79 Å². The van der Waals surface area contributed by atoms with E-state index in [1.54, 1.807) is 36.5 Å². The number of nitrogens with one attached hydrogen (secondary N) is 1. The normalized spacial score (nSPS) is 10.6. The average molecular weight is 344 g/mol. The van der Waals surface area contributed by atoms with Gasteiger partial charge in [-0.2, -0.15) is 4.98 Å². The van der Waals surface area contributed by atoms with E-state index in [0.29, 0.717) is 39.2 Å². The molecule has 122 valence electrons. The van der Waals surface area contributed by atoms with Crippen molar-refractivity contribution in [1.82, 2.24) is 15.1 Å². The highest BCUT2D eigenvalue weighted by atomic mass is 35.5. The summed E-state index contributed by atoms with van der Waals surface area (Å²) in [6.07, 6.45) is 1.61. The van der Waals surface area contributed by atoms with Gasteiger partial charge in [0.15, 0.2) is 0 Å². The maximum absolute atomic E-state index is 11.1. The number of benzene rings is 1. The molecule has 3 N–H and O–H groups in total. The van der Waals surface area contributed by atoms with Crippen LogP contribution in [0.4, 0.5) is 5.82 Å². The summed E-state index contributed by atoms with van der Waals surface area (Å²) >= 11 is 6.17. The molecule has 1 amide bonds. The van der Waals surface area contributed by atoms with Gasteiger partial charge in [0.25, 0.3) is 5.89 Å². The van der Waals surface area contributed by atoms with Crippen molar-refractivity contribution in [1.29, 1.82) is 0 Å². The van der Waals surface area contributed by atoms with Crippen LogP contribution in [-0.4, -0.2) is 27.6 Å². The number of aromatic nitrogens is 3. The lowest BCUT2D eigenvalue weighted by atomic mass is 10.1. The fourth-order valence-corrected chi connectivity index (χ4v) is 2.33. The molecule has 0 radical (unpaired) electrons. The Morgan fingerprint density at radius 1 is 1.29 bits per heavy atom. The number of carbonyl (C=O) groups excluding carboxylic acids is 1. The molecule has 0 saturated carbocycles. The molecule has 2 aromatic heterocycles. The SMILES string of the molecule is CCNc1ncc(-c2nc(-c3ccc(C(N)=O)cc3)no2)cc1Cl. The molecule has 0 saturated heterocycles. The number of carbonyl (C=O) groups is 1. The molecular weight excluding hydrogens is 330 g/mol. The average Bonchev–Trinajstić information content (AvgIpc) is 3.07. The number of nitrogens with zero attached hydrogens (tertiary/aromatic N) is 3. The molecular formula is C16H14ClN5O2. The van der Waals surface area contributed by atoms with Gasteiger partial charge in [0.2, 0.25) is 11.7 Å². The van der Waals surface area contributed by atoms with Crippen molar-refractivity contribution in [3.05, 3.63) is 47.1 Å². The first kappa shape index (κ1) is 15.9. The predicted molar refractivity (Wildman–Crippen MR) is 90.7 cm³/mol. The fourth-order valence-electron chi connectivity index (χ4n) is 2.09. The van der Waals surface area contributed by atoms with E-state index in [1.807, 2.05) is 6.92 Å². The van der Waals surface area contributed by atoms with Crippen LogP contribution in [-0.2, 0) is 0 Å². The fraction of sp³-hybridized carbons (Fsp3) is 0.125. The third-order valence-corrected chi connectivity index (χ3v) is 3.57. The van der Waals surface area contributed by atoms with E-state index in [0.717, 1.165) is 6.54 Å². The number of primary amides is 1. The molecule has 0 unspecified atom stereocenters. The van der Waals surface area contributed by atoms with Crippen LogP contribution in [0.25, 0.3) is 22.8 Å². The molecule has 0 fully saturated rings. The van der Waals surface area contributed by atoms with Crippen LogP contribution in [0.15, 0.2) is 41.1 Å². The van der Waals surface area contributed by atoms with Crippen molar-refractivity contribution >= 4 is 23.3 Å². The smallest absolute Gasteiger partial charge is 0.259 e. The van der Waals surface area contributed by atoms with E-state index in [9.17, 15) is 4.79 Å². The first-order valence-electron chi connectivity index (χ1n) is 7.22. The van der Waals surface area contributed by atoms with Gasteiger partial charge in [-0.25, -0.2) is 4.98 Å². The number of halogens is 1. The van der Waals surface area contributed by atoms with Crippen LogP contribution in [0.5, 0.6) is 0 Å². The second kappa shape index (κ2) is 6.67. The van der Waals surface area contributed by atoms with Gasteiger partial charge < -0.3 is 15.6 Å². The van der Waals surface area contributed by atoms with Crippen molar-refractivity contribution in [2.75, 3.05) is 11.9 Å². The summed E-state index contributed by atoms with van der Waals surface area (Å²) < 4.78 is 5.27. The lowest BCUT2D eigenvalue weighted by Gasteiger charge is -2.04. The Kier molecular flexibility index (Phi) is 4.43. The number of hydrogen-bond donors (Lipinski definition) is 2. The molecule has 3 rings (SSSR count). The molecule has 24 heavy (non-hydrogen) atoms. The molecule has 0 aliphatic carbocycles. The lowest BCUT2D eigenvalue weighted by Crippen LogP contribution is -2.10. The zero-order chi connectivity index (χ0) is 17.1. The van der Waals surface area contributed by atoms with Gasteiger partial charge in [0.1, 0.15) is 5.82 Å². The maximum Gasteiger partial charge on any atom is 0.259 e. The maximum atomic E-state index is 11.1. The highest BCUT2D eigenvalue weighted by molar-refractivity contribution is 6.33. The summed E-state index contributed by atoms with van der Waals surface area (Å²) in [6.45, 7) is 2.68. The first-order chi connectivity index (χ1) is 11.6. The van der Waals surface area contributed by atoms with Crippen molar-refractivity contribution < 1.29 is 9.32 Å². The second-order valence-corrected chi connectivity index (χ2v) is 5.36. The predicted octanol–water partition coefficient (Wildman–Crippen LogP) is 2.98. The summed E-state index contributed by atoms with van der Waals surface area (Å²) in [5.74, 6) is 0.816. The van der Waals surface area contributed by atoms with Gasteiger partial charge in [0.05, 0.1) is 10.6 Å². The number of nitrogens with two attached hydrogens (primary N) is 1. The molecule has 1 aromatic carbocycles. The van der Waals surface area contributed by atoms with E-state index < -0.39 is 5.91 Å². The van der Waals surface area contributed by atoms with Crippen LogP contribution in [0, 0.1) is 0 Å². The quantitative estimate of drug-likeness (QED) is 0.737. The van der Waals surface area contributed by atoms with Crippen LogP contribution in [0.1, 0.15) is 17.3 Å². The van der Waals surface area contributed by atoms with Gasteiger partial charge in [-0.05, 0) is 25.1 Å². The Morgan fingerprint density at radius 3 is 2.67 bits per heavy atom. The second-order valence-electron chi connectivity index (χ2n) is 4.95. The molecule has 7 nitrogen and oxygen atoms in total. The minimum absolute atomic E-state index is 0.307. The highest BCUT2D eigenvalue weighted by Crippen LogP contribution is 2.27. The third kappa shape index (κ3) is 3.21. The zero-order valence-corrected chi connectivity index (χ0v) is 13.5. The molecule has 0 aliphatic rings. The number of anilines is 1. The van der Waals surface area contributed by atoms with Gasteiger partial charge in [-0.1, -0.05) is 28.9 Å². The highest BCUT2D eigenvalue weighted by Gasteiger charge is 2.13. The molecule has 2 heterocycles. The topological polar surface area (TPSA) is 107 Å². The summed E-state index contributed by atoms with van der Waals surface area (Å²) in [4.78, 5) is 19.7. The molecule has 0 spiro atoms. The summed E-state index contributed by atoms with van der Waals surface area (Å²) in [7, 11) is 0. The van der Waals surface area contributed by atoms with E-state index in [1.165, 1.54) is 0 Å². The van der Waals surface area contributed by atoms with Gasteiger partial charge in [-0.15, -0.1) is 0 Å². The Balaban J connectivity index is 1.87. The monoisotopic (exact) mass is 343 g/mol. The van der Waals surface area contributed by atoms with Crippen molar-refractivity contribution in [2.45, 2.75) is 6.92 Å².